The fraction of sp³-hybridized carbons (Fsp3) is 0.273. The van der Waals surface area contributed by atoms with Crippen molar-refractivity contribution < 1.29 is 0 Å². The summed E-state index contributed by atoms with van der Waals surface area (Å²) >= 11 is 0. The van der Waals surface area contributed by atoms with Gasteiger partial charge in [-0.05, 0) is 43.4 Å². The minimum absolute atomic E-state index is 0.414. The molecule has 0 radical (unpaired) electrons. The summed E-state index contributed by atoms with van der Waals surface area (Å²) in [5.74, 6) is 0. The predicted octanol–water partition coefficient (Wildman–Crippen LogP) is 4.72. The van der Waals surface area contributed by atoms with E-state index in [0.29, 0.717) is 0 Å². The van der Waals surface area contributed by atoms with Crippen molar-refractivity contribution in [2.24, 2.45) is 0 Å². The lowest BCUT2D eigenvalue weighted by atomic mass is 10.0. The van der Waals surface area contributed by atoms with Gasteiger partial charge in [-0.2, -0.15) is 0 Å². The third kappa shape index (κ3) is 3.56. The number of hydrogen-bond donors (Lipinski definition) is 0. The molecule has 0 N–H and O–H groups in total. The molecule has 1 aliphatic rings. The fourth-order valence-electron chi connectivity index (χ4n) is 3.58. The van der Waals surface area contributed by atoms with Crippen molar-refractivity contribution in [3.05, 3.63) is 82.1 Å². The largest absolute Gasteiger partial charge is 0.0882 e. The average Bonchev–Trinajstić information content (AvgIpc) is 2.86. The molecule has 0 spiro atoms. The van der Waals surface area contributed by atoms with E-state index >= 15 is 0 Å². The van der Waals surface area contributed by atoms with Crippen molar-refractivity contribution in [3.8, 4) is 0 Å². The van der Waals surface area contributed by atoms with Crippen LogP contribution in [-0.2, 0) is 0 Å². The van der Waals surface area contributed by atoms with Gasteiger partial charge in [-0.1, -0.05) is 89.5 Å². The molecule has 0 aliphatic heterocycles. The SMILES string of the molecule is CCCC1=C(C)CC(c2ccc(C)cc2)=C1[SiH2]c1ccccc1. The van der Waals surface area contributed by atoms with Gasteiger partial charge in [-0.3, -0.25) is 0 Å². The van der Waals surface area contributed by atoms with Crippen LogP contribution in [0.15, 0.2) is 70.9 Å². The molecule has 0 nitrogen and oxygen atoms in total. The van der Waals surface area contributed by atoms with Gasteiger partial charge in [0.2, 0.25) is 0 Å². The topological polar surface area (TPSA) is 0 Å². The maximum Gasteiger partial charge on any atom is 0.0882 e. The lowest BCUT2D eigenvalue weighted by molar-refractivity contribution is 0.912. The molecule has 0 heterocycles. The monoisotopic (exact) mass is 318 g/mol. The minimum Gasteiger partial charge on any atom is -0.0658 e. The van der Waals surface area contributed by atoms with Gasteiger partial charge in [0.05, 0.1) is 9.52 Å². The van der Waals surface area contributed by atoms with Crippen LogP contribution in [0.1, 0.15) is 44.2 Å². The van der Waals surface area contributed by atoms with Gasteiger partial charge >= 0.3 is 0 Å². The third-order valence-corrected chi connectivity index (χ3v) is 6.90. The van der Waals surface area contributed by atoms with E-state index in [-0.39, 0.29) is 0 Å². The zero-order valence-corrected chi connectivity index (χ0v) is 15.9. The van der Waals surface area contributed by atoms with Crippen LogP contribution in [0.2, 0.25) is 0 Å². The molecule has 0 amide bonds. The molecule has 1 aliphatic carbocycles. The summed E-state index contributed by atoms with van der Waals surface area (Å²) in [5, 5.41) is 3.26. The zero-order valence-electron chi connectivity index (χ0n) is 14.5. The lowest BCUT2D eigenvalue weighted by Crippen LogP contribution is -2.17. The molecule has 0 saturated carbocycles. The van der Waals surface area contributed by atoms with Crippen LogP contribution in [0.4, 0.5) is 0 Å². The van der Waals surface area contributed by atoms with Gasteiger partial charge in [-0.25, -0.2) is 0 Å². The van der Waals surface area contributed by atoms with Gasteiger partial charge in [0, 0.05) is 0 Å². The summed E-state index contributed by atoms with van der Waals surface area (Å²) in [4.78, 5) is 0. The van der Waals surface area contributed by atoms with Gasteiger partial charge < -0.3 is 0 Å². The van der Waals surface area contributed by atoms with Crippen LogP contribution in [0.3, 0.4) is 0 Å². The first kappa shape index (κ1) is 16.0. The quantitative estimate of drug-likeness (QED) is 0.700. The Morgan fingerprint density at radius 3 is 2.26 bits per heavy atom. The first-order chi connectivity index (χ1) is 11.2. The summed E-state index contributed by atoms with van der Waals surface area (Å²) in [6, 6.07) is 20.2. The predicted molar refractivity (Wildman–Crippen MR) is 105 cm³/mol. The van der Waals surface area contributed by atoms with Crippen LogP contribution in [0.5, 0.6) is 0 Å². The Hall–Kier alpha value is -1.86. The van der Waals surface area contributed by atoms with E-state index in [1.807, 2.05) is 0 Å². The summed E-state index contributed by atoms with van der Waals surface area (Å²) < 4.78 is 0. The Labute approximate surface area is 142 Å². The lowest BCUT2D eigenvalue weighted by Gasteiger charge is -2.12. The molecule has 0 aromatic heterocycles. The molecule has 0 atom stereocenters. The zero-order chi connectivity index (χ0) is 16.2. The molecule has 0 unspecified atom stereocenters. The molecule has 118 valence electrons. The Kier molecular flexibility index (Phi) is 4.97. The van der Waals surface area contributed by atoms with Crippen molar-refractivity contribution in [2.75, 3.05) is 0 Å². The summed E-state index contributed by atoms with van der Waals surface area (Å²) in [6.07, 6.45) is 3.62. The van der Waals surface area contributed by atoms with Crippen LogP contribution in [-0.4, -0.2) is 9.52 Å². The van der Waals surface area contributed by atoms with E-state index in [9.17, 15) is 0 Å². The van der Waals surface area contributed by atoms with Gasteiger partial charge in [0.15, 0.2) is 0 Å². The molecule has 3 rings (SSSR count). The van der Waals surface area contributed by atoms with Crippen molar-refractivity contribution in [2.45, 2.75) is 40.0 Å². The summed E-state index contributed by atoms with van der Waals surface area (Å²) in [7, 11) is -0.414. The normalized spacial score (nSPS) is 15.3. The van der Waals surface area contributed by atoms with E-state index in [4.69, 9.17) is 0 Å². The smallest absolute Gasteiger partial charge is 0.0658 e. The van der Waals surface area contributed by atoms with Crippen LogP contribution < -0.4 is 5.19 Å². The van der Waals surface area contributed by atoms with E-state index in [2.05, 4.69) is 75.4 Å². The van der Waals surface area contributed by atoms with Crippen molar-refractivity contribution >= 4 is 20.3 Å². The standard InChI is InChI=1S/C22H26Si/c1-4-8-20-17(3)15-21(18-13-11-16(2)12-14-18)22(20)23-19-9-6-5-7-10-19/h5-7,9-14H,4,8,15,23H2,1-3H3. The summed E-state index contributed by atoms with van der Waals surface area (Å²) in [5.41, 5.74) is 7.63. The maximum absolute atomic E-state index is 2.34. The second-order valence-corrected chi connectivity index (χ2v) is 8.55. The Bertz CT molecular complexity index is 733. The minimum atomic E-state index is -0.414. The fourth-order valence-corrected chi connectivity index (χ4v) is 5.73. The number of aryl methyl sites for hydroxylation is 1. The van der Waals surface area contributed by atoms with E-state index < -0.39 is 9.52 Å². The van der Waals surface area contributed by atoms with Gasteiger partial charge in [0.1, 0.15) is 0 Å². The number of rotatable bonds is 5. The molecule has 1 heteroatoms. The number of allylic oxidation sites excluding steroid dienone is 4. The first-order valence-corrected chi connectivity index (χ1v) is 10.1. The molecule has 0 fully saturated rings. The van der Waals surface area contributed by atoms with Crippen LogP contribution in [0, 0.1) is 6.92 Å². The maximum atomic E-state index is 2.34. The average molecular weight is 319 g/mol. The Morgan fingerprint density at radius 2 is 1.61 bits per heavy atom. The summed E-state index contributed by atoms with van der Waals surface area (Å²) in [6.45, 7) is 6.80. The van der Waals surface area contributed by atoms with Crippen LogP contribution in [0.25, 0.3) is 5.57 Å². The molecule has 2 aromatic carbocycles. The third-order valence-electron chi connectivity index (χ3n) is 4.81. The highest BCUT2D eigenvalue weighted by Gasteiger charge is 2.22. The highest BCUT2D eigenvalue weighted by molar-refractivity contribution is 6.63. The molecule has 23 heavy (non-hydrogen) atoms. The Morgan fingerprint density at radius 1 is 0.913 bits per heavy atom. The highest BCUT2D eigenvalue weighted by Crippen LogP contribution is 2.39. The van der Waals surface area contributed by atoms with E-state index in [0.717, 1.165) is 6.42 Å². The Balaban J connectivity index is 2.02. The molecular weight excluding hydrogens is 292 g/mol. The van der Waals surface area contributed by atoms with Gasteiger partial charge in [0.25, 0.3) is 0 Å². The van der Waals surface area contributed by atoms with E-state index in [1.165, 1.54) is 24.0 Å². The van der Waals surface area contributed by atoms with Crippen molar-refractivity contribution in [1.29, 1.82) is 0 Å². The molecular formula is C22H26Si. The second-order valence-electron chi connectivity index (χ2n) is 6.67. The second kappa shape index (κ2) is 7.14. The van der Waals surface area contributed by atoms with Crippen LogP contribution >= 0.6 is 0 Å². The highest BCUT2D eigenvalue weighted by atomic mass is 28.2. The number of hydrogen-bond acceptors (Lipinski definition) is 0. The van der Waals surface area contributed by atoms with Gasteiger partial charge in [-0.15, -0.1) is 0 Å². The van der Waals surface area contributed by atoms with E-state index in [1.54, 1.807) is 27.1 Å². The first-order valence-electron chi connectivity index (χ1n) is 8.71. The molecule has 0 bridgehead atoms. The van der Waals surface area contributed by atoms with Crippen molar-refractivity contribution in [3.63, 3.8) is 0 Å². The molecule has 0 saturated heterocycles. The molecule has 2 aromatic rings. The number of benzene rings is 2. The van der Waals surface area contributed by atoms with Crippen molar-refractivity contribution in [1.82, 2.24) is 0 Å².